The van der Waals surface area contributed by atoms with Gasteiger partial charge in [-0.25, -0.2) is 4.79 Å². The minimum Gasteiger partial charge on any atom is -0.446 e. The first-order chi connectivity index (χ1) is 13.1. The molecule has 2 saturated carbocycles. The zero-order chi connectivity index (χ0) is 22.2. The summed E-state index contributed by atoms with van der Waals surface area (Å²) in [6.07, 6.45) is -2.69. The highest BCUT2D eigenvalue weighted by atomic mass is 16.6. The molecule has 8 nitrogen and oxygen atoms in total. The summed E-state index contributed by atoms with van der Waals surface area (Å²) in [6.45, 7) is 12.2. The van der Waals surface area contributed by atoms with Gasteiger partial charge in [0.2, 0.25) is 0 Å². The Hall–Kier alpha value is -1.48. The van der Waals surface area contributed by atoms with E-state index in [4.69, 9.17) is 15.2 Å². The first-order valence-corrected chi connectivity index (χ1v) is 10.0. The van der Waals surface area contributed by atoms with E-state index < -0.39 is 63.7 Å². The molecule has 5 N–H and O–H groups in total. The molecule has 0 spiro atoms. The summed E-state index contributed by atoms with van der Waals surface area (Å²) in [5, 5.41) is 34.5. The Balaban J connectivity index is 2.30. The summed E-state index contributed by atoms with van der Waals surface area (Å²) in [4.78, 5) is 25.2. The average molecular weight is 411 g/mol. The van der Waals surface area contributed by atoms with Crippen LogP contribution in [-0.4, -0.2) is 62.3 Å². The van der Waals surface area contributed by atoms with E-state index in [-0.39, 0.29) is 6.42 Å². The molecule has 1 aliphatic heterocycles. The van der Waals surface area contributed by atoms with E-state index in [9.17, 15) is 24.9 Å². The lowest BCUT2D eigenvalue weighted by atomic mass is 9.40. The minimum atomic E-state index is -2.23. The van der Waals surface area contributed by atoms with Crippen LogP contribution < -0.4 is 5.73 Å². The monoisotopic (exact) mass is 411 g/mol. The fourth-order valence-corrected chi connectivity index (χ4v) is 6.62. The maximum Gasteiger partial charge on any atom is 0.404 e. The molecule has 8 heteroatoms. The number of carbonyl (C=O) groups excluding carboxylic acids is 2. The number of rotatable bonds is 2. The summed E-state index contributed by atoms with van der Waals surface area (Å²) in [5.41, 5.74) is -1.94. The highest BCUT2D eigenvalue weighted by Gasteiger charge is 2.81. The van der Waals surface area contributed by atoms with E-state index in [2.05, 4.69) is 6.58 Å². The van der Waals surface area contributed by atoms with Crippen LogP contribution in [0, 0.1) is 16.7 Å². The normalized spacial score (nSPS) is 51.5. The van der Waals surface area contributed by atoms with Gasteiger partial charge < -0.3 is 30.5 Å². The third-order valence-electron chi connectivity index (χ3n) is 7.99. The largest absolute Gasteiger partial charge is 0.446 e. The van der Waals surface area contributed by atoms with E-state index in [1.54, 1.807) is 13.8 Å². The predicted molar refractivity (Wildman–Crippen MR) is 104 cm³/mol. The van der Waals surface area contributed by atoms with E-state index in [1.165, 1.54) is 13.0 Å². The molecular weight excluding hydrogens is 378 g/mol. The maximum atomic E-state index is 13.5. The Bertz CT molecular complexity index is 753. The summed E-state index contributed by atoms with van der Waals surface area (Å²) >= 11 is 0. The van der Waals surface area contributed by atoms with Crippen LogP contribution in [0.2, 0.25) is 0 Å². The Morgan fingerprint density at radius 1 is 1.28 bits per heavy atom. The predicted octanol–water partition coefficient (Wildman–Crippen LogP) is 1.05. The Morgan fingerprint density at radius 2 is 1.86 bits per heavy atom. The molecule has 3 rings (SSSR count). The molecular formula is C21H33NO7. The summed E-state index contributed by atoms with van der Waals surface area (Å²) in [7, 11) is 0. The molecule has 0 unspecified atom stereocenters. The van der Waals surface area contributed by atoms with Gasteiger partial charge in [-0.2, -0.15) is 0 Å². The number of aliphatic hydroxyl groups is 3. The Kier molecular flexibility index (Phi) is 4.80. The van der Waals surface area contributed by atoms with Gasteiger partial charge in [-0.05, 0) is 32.1 Å². The zero-order valence-corrected chi connectivity index (χ0v) is 17.8. The molecule has 3 fully saturated rings. The van der Waals surface area contributed by atoms with E-state index in [1.807, 2.05) is 13.8 Å². The van der Waals surface area contributed by atoms with Gasteiger partial charge in [0.25, 0.3) is 0 Å². The van der Waals surface area contributed by atoms with Crippen molar-refractivity contribution in [2.24, 2.45) is 22.5 Å². The quantitative estimate of drug-likeness (QED) is 0.498. The lowest BCUT2D eigenvalue weighted by molar-refractivity contribution is -0.369. The number of amides is 1. The standard InChI is InChI=1S/C21H33NO7/c1-7-18(4)10-11(23)21(27)19(5)12(28-16(22)26)8-9-17(2,3)14(19)13(24)15(25)20(21,6)29-18/h7,12-15,24-25,27H,1,8-10H2,2-6H3,(H2,22,26)/t12-,13-,14-,15-,18-,19-,20+,21-/m0/s1. The van der Waals surface area contributed by atoms with Crippen molar-refractivity contribution in [3.63, 3.8) is 0 Å². The van der Waals surface area contributed by atoms with Crippen molar-refractivity contribution in [1.82, 2.24) is 0 Å². The highest BCUT2D eigenvalue weighted by Crippen LogP contribution is 2.67. The Morgan fingerprint density at radius 3 is 2.38 bits per heavy atom. The van der Waals surface area contributed by atoms with Crippen LogP contribution in [0.1, 0.15) is 53.9 Å². The Labute approximate surface area is 171 Å². The molecule has 8 atom stereocenters. The van der Waals surface area contributed by atoms with Gasteiger partial charge in [-0.3, -0.25) is 4.79 Å². The van der Waals surface area contributed by atoms with Crippen LogP contribution in [0.4, 0.5) is 4.79 Å². The van der Waals surface area contributed by atoms with Crippen molar-refractivity contribution in [3.8, 4) is 0 Å². The molecule has 1 amide bonds. The number of Topliss-reactive ketones (excluding diaryl/α,β-unsaturated/α-hetero) is 1. The van der Waals surface area contributed by atoms with Crippen LogP contribution in [0.5, 0.6) is 0 Å². The van der Waals surface area contributed by atoms with Crippen molar-refractivity contribution in [2.45, 2.75) is 89.0 Å². The molecule has 1 heterocycles. The second-order valence-corrected chi connectivity index (χ2v) is 10.2. The number of nitrogens with two attached hydrogens (primary N) is 1. The van der Waals surface area contributed by atoms with Crippen molar-refractivity contribution >= 4 is 11.9 Å². The molecule has 164 valence electrons. The van der Waals surface area contributed by atoms with Gasteiger partial charge in [0.1, 0.15) is 17.8 Å². The van der Waals surface area contributed by atoms with Crippen molar-refractivity contribution < 1.29 is 34.4 Å². The van der Waals surface area contributed by atoms with Crippen LogP contribution in [0.15, 0.2) is 12.7 Å². The van der Waals surface area contributed by atoms with Gasteiger partial charge in [-0.15, -0.1) is 6.58 Å². The number of carbonyl (C=O) groups is 2. The average Bonchev–Trinajstić information content (AvgIpc) is 2.59. The summed E-state index contributed by atoms with van der Waals surface area (Å²) < 4.78 is 11.5. The second kappa shape index (κ2) is 6.26. The van der Waals surface area contributed by atoms with Gasteiger partial charge in [0.05, 0.1) is 11.7 Å². The number of aliphatic hydroxyl groups excluding tert-OH is 2. The van der Waals surface area contributed by atoms with Gasteiger partial charge >= 0.3 is 6.09 Å². The van der Waals surface area contributed by atoms with Crippen LogP contribution in [0.25, 0.3) is 0 Å². The van der Waals surface area contributed by atoms with Crippen molar-refractivity contribution in [2.75, 3.05) is 0 Å². The minimum absolute atomic E-state index is 0.169. The number of fused-ring (bicyclic) bond motifs is 3. The molecule has 3 aliphatic rings. The van der Waals surface area contributed by atoms with Gasteiger partial charge in [0, 0.05) is 17.8 Å². The maximum absolute atomic E-state index is 13.5. The zero-order valence-electron chi connectivity index (χ0n) is 17.8. The van der Waals surface area contributed by atoms with Gasteiger partial charge in [0.15, 0.2) is 11.4 Å². The van der Waals surface area contributed by atoms with Crippen LogP contribution in [0.3, 0.4) is 0 Å². The smallest absolute Gasteiger partial charge is 0.404 e. The van der Waals surface area contributed by atoms with E-state index in [0.29, 0.717) is 12.8 Å². The number of hydrogen-bond donors (Lipinski definition) is 4. The number of hydrogen-bond acceptors (Lipinski definition) is 7. The highest BCUT2D eigenvalue weighted by molar-refractivity contribution is 5.92. The van der Waals surface area contributed by atoms with E-state index in [0.717, 1.165) is 0 Å². The topological polar surface area (TPSA) is 139 Å². The molecule has 0 aromatic carbocycles. The van der Waals surface area contributed by atoms with Crippen molar-refractivity contribution in [1.29, 1.82) is 0 Å². The molecule has 29 heavy (non-hydrogen) atoms. The lowest BCUT2D eigenvalue weighted by Crippen LogP contribution is -2.86. The molecule has 0 aromatic rings. The van der Waals surface area contributed by atoms with Crippen molar-refractivity contribution in [3.05, 3.63) is 12.7 Å². The summed E-state index contributed by atoms with van der Waals surface area (Å²) in [5.74, 6) is -1.32. The number of ketones is 1. The third kappa shape index (κ3) is 2.59. The lowest BCUT2D eigenvalue weighted by Gasteiger charge is -2.71. The SMILES string of the molecule is C=C[C@@]1(C)CC(=O)[C@]2(O)[C@@]3(C)[C@@H](OC(N)=O)CCC(C)(C)[C@@H]3[C@H](O)[C@H](O)[C@@]2(C)O1. The first-order valence-electron chi connectivity index (χ1n) is 10.0. The van der Waals surface area contributed by atoms with Crippen LogP contribution >= 0.6 is 0 Å². The fourth-order valence-electron chi connectivity index (χ4n) is 6.62. The summed E-state index contributed by atoms with van der Waals surface area (Å²) in [6, 6.07) is 0. The fraction of sp³-hybridized carbons (Fsp3) is 0.810. The van der Waals surface area contributed by atoms with E-state index >= 15 is 0 Å². The number of primary amides is 1. The molecule has 0 radical (unpaired) electrons. The molecule has 2 aliphatic carbocycles. The third-order valence-corrected chi connectivity index (χ3v) is 7.99. The molecule has 1 saturated heterocycles. The first kappa shape index (κ1) is 22.2. The second-order valence-electron chi connectivity index (χ2n) is 10.2. The molecule has 0 aromatic heterocycles. The van der Waals surface area contributed by atoms with Gasteiger partial charge in [-0.1, -0.05) is 26.8 Å². The number of ether oxygens (including phenoxy) is 2. The molecule has 0 bridgehead atoms. The van der Waals surface area contributed by atoms with Crippen LogP contribution in [-0.2, 0) is 14.3 Å².